The summed E-state index contributed by atoms with van der Waals surface area (Å²) < 4.78 is 0. The minimum Gasteiger partial charge on any atom is -0.330 e. The lowest BCUT2D eigenvalue weighted by atomic mass is 10.0. The number of ketones is 1. The van der Waals surface area contributed by atoms with E-state index >= 15 is 0 Å². The van der Waals surface area contributed by atoms with Gasteiger partial charge in [0.15, 0.2) is 0 Å². The van der Waals surface area contributed by atoms with Crippen LogP contribution in [0, 0.1) is 5.92 Å². The van der Waals surface area contributed by atoms with Crippen molar-refractivity contribution in [3.8, 4) is 0 Å². The summed E-state index contributed by atoms with van der Waals surface area (Å²) in [6.07, 6.45) is 5.28. The van der Waals surface area contributed by atoms with Gasteiger partial charge in [-0.2, -0.15) is 0 Å². The highest BCUT2D eigenvalue weighted by Gasteiger charge is 2.21. The van der Waals surface area contributed by atoms with E-state index in [1.54, 1.807) is 0 Å². The fourth-order valence-electron chi connectivity index (χ4n) is 1.59. The monoisotopic (exact) mass is 141 g/mol. The van der Waals surface area contributed by atoms with E-state index in [9.17, 15) is 4.79 Å². The minimum absolute atomic E-state index is 0.364. The first kappa shape index (κ1) is 7.73. The van der Waals surface area contributed by atoms with Gasteiger partial charge in [-0.1, -0.05) is 12.8 Å². The molecule has 0 aromatic rings. The zero-order chi connectivity index (χ0) is 7.40. The Bertz CT molecular complexity index is 116. The molecule has 1 aliphatic carbocycles. The first-order valence-corrected chi connectivity index (χ1v) is 4.07. The van der Waals surface area contributed by atoms with Gasteiger partial charge < -0.3 is 5.73 Å². The standard InChI is InChI=1S/C8H15NO/c9-6-5-8(10)7-3-1-2-4-7/h7H,1-6,9H2. The molecule has 58 valence electrons. The van der Waals surface area contributed by atoms with Gasteiger partial charge in [-0.25, -0.2) is 0 Å². The topological polar surface area (TPSA) is 43.1 Å². The van der Waals surface area contributed by atoms with E-state index in [0.29, 0.717) is 24.7 Å². The molecule has 10 heavy (non-hydrogen) atoms. The molecule has 0 amide bonds. The van der Waals surface area contributed by atoms with Gasteiger partial charge in [0.1, 0.15) is 5.78 Å². The molecule has 2 N–H and O–H groups in total. The third-order valence-electron chi connectivity index (χ3n) is 2.20. The van der Waals surface area contributed by atoms with Crippen molar-refractivity contribution in [2.75, 3.05) is 6.54 Å². The summed E-state index contributed by atoms with van der Waals surface area (Å²) in [7, 11) is 0. The lowest BCUT2D eigenvalue weighted by molar-refractivity contribution is -0.122. The number of Topliss-reactive ketones (excluding diaryl/α,β-unsaturated/α-hetero) is 1. The fourth-order valence-corrected chi connectivity index (χ4v) is 1.59. The summed E-state index contributed by atoms with van der Waals surface area (Å²) in [6.45, 7) is 0.523. The Morgan fingerprint density at radius 3 is 2.50 bits per heavy atom. The summed E-state index contributed by atoms with van der Waals surface area (Å²) in [6, 6.07) is 0. The average molecular weight is 141 g/mol. The molecule has 0 bridgehead atoms. The van der Waals surface area contributed by atoms with Crippen LogP contribution in [0.2, 0.25) is 0 Å². The Labute approximate surface area is 61.8 Å². The summed E-state index contributed by atoms with van der Waals surface area (Å²) >= 11 is 0. The molecule has 1 rings (SSSR count). The highest BCUT2D eigenvalue weighted by molar-refractivity contribution is 5.81. The van der Waals surface area contributed by atoms with Crippen molar-refractivity contribution in [2.24, 2.45) is 11.7 Å². The van der Waals surface area contributed by atoms with Crippen molar-refractivity contribution in [1.29, 1.82) is 0 Å². The van der Waals surface area contributed by atoms with Crippen molar-refractivity contribution in [3.05, 3.63) is 0 Å². The molecule has 2 heteroatoms. The van der Waals surface area contributed by atoms with Crippen LogP contribution in [0.1, 0.15) is 32.1 Å². The van der Waals surface area contributed by atoms with E-state index in [4.69, 9.17) is 5.73 Å². The number of nitrogens with two attached hydrogens (primary N) is 1. The highest BCUT2D eigenvalue weighted by atomic mass is 16.1. The van der Waals surface area contributed by atoms with E-state index in [-0.39, 0.29) is 0 Å². The van der Waals surface area contributed by atoms with Crippen molar-refractivity contribution >= 4 is 5.78 Å². The number of hydrogen-bond acceptors (Lipinski definition) is 2. The third-order valence-corrected chi connectivity index (χ3v) is 2.20. The molecule has 1 fully saturated rings. The minimum atomic E-state index is 0.364. The van der Waals surface area contributed by atoms with E-state index in [1.165, 1.54) is 12.8 Å². The predicted octanol–water partition coefficient (Wildman–Crippen LogP) is 1.09. The first-order valence-electron chi connectivity index (χ1n) is 4.07. The molecule has 1 saturated carbocycles. The maximum atomic E-state index is 11.2. The molecular formula is C8H15NO. The zero-order valence-corrected chi connectivity index (χ0v) is 6.31. The third kappa shape index (κ3) is 1.81. The van der Waals surface area contributed by atoms with E-state index in [0.717, 1.165) is 12.8 Å². The van der Waals surface area contributed by atoms with Crippen LogP contribution in [0.3, 0.4) is 0 Å². The largest absolute Gasteiger partial charge is 0.330 e. The summed E-state index contributed by atoms with van der Waals surface area (Å²) in [4.78, 5) is 11.2. The zero-order valence-electron chi connectivity index (χ0n) is 6.31. The van der Waals surface area contributed by atoms with Crippen LogP contribution in [-0.2, 0) is 4.79 Å². The van der Waals surface area contributed by atoms with Crippen LogP contribution in [0.4, 0.5) is 0 Å². The summed E-state index contributed by atoms with van der Waals surface area (Å²) in [5.41, 5.74) is 5.28. The van der Waals surface area contributed by atoms with Crippen LogP contribution in [0.5, 0.6) is 0 Å². The summed E-state index contributed by atoms with van der Waals surface area (Å²) in [5.74, 6) is 0.753. The average Bonchev–Trinajstić information content (AvgIpc) is 2.38. The van der Waals surface area contributed by atoms with Gasteiger partial charge >= 0.3 is 0 Å². The van der Waals surface area contributed by atoms with E-state index < -0.39 is 0 Å². The van der Waals surface area contributed by atoms with Crippen LogP contribution >= 0.6 is 0 Å². The Morgan fingerprint density at radius 2 is 2.00 bits per heavy atom. The maximum Gasteiger partial charge on any atom is 0.137 e. The van der Waals surface area contributed by atoms with Gasteiger partial charge in [0.25, 0.3) is 0 Å². The molecular weight excluding hydrogens is 126 g/mol. The van der Waals surface area contributed by atoms with Gasteiger partial charge in [0, 0.05) is 12.3 Å². The SMILES string of the molecule is NCCC(=O)C1CCCC1. The summed E-state index contributed by atoms with van der Waals surface area (Å²) in [5, 5.41) is 0. The maximum absolute atomic E-state index is 11.2. The smallest absolute Gasteiger partial charge is 0.137 e. The van der Waals surface area contributed by atoms with Gasteiger partial charge in [-0.15, -0.1) is 0 Å². The number of rotatable bonds is 3. The lowest BCUT2D eigenvalue weighted by Gasteiger charge is -2.04. The second-order valence-corrected chi connectivity index (χ2v) is 2.99. The van der Waals surface area contributed by atoms with Gasteiger partial charge in [0.05, 0.1) is 0 Å². The van der Waals surface area contributed by atoms with Gasteiger partial charge in [-0.05, 0) is 19.4 Å². The molecule has 0 heterocycles. The van der Waals surface area contributed by atoms with Crippen molar-refractivity contribution in [1.82, 2.24) is 0 Å². The molecule has 0 aliphatic heterocycles. The highest BCUT2D eigenvalue weighted by Crippen LogP contribution is 2.25. The molecule has 0 radical (unpaired) electrons. The number of carbonyl (C=O) groups is 1. The normalized spacial score (nSPS) is 19.7. The second-order valence-electron chi connectivity index (χ2n) is 2.99. The van der Waals surface area contributed by atoms with Crippen molar-refractivity contribution < 1.29 is 4.79 Å². The van der Waals surface area contributed by atoms with E-state index in [2.05, 4.69) is 0 Å². The fraction of sp³-hybridized carbons (Fsp3) is 0.875. The quantitative estimate of drug-likeness (QED) is 0.639. The molecule has 0 spiro atoms. The Balaban J connectivity index is 2.25. The predicted molar refractivity (Wildman–Crippen MR) is 40.6 cm³/mol. The van der Waals surface area contributed by atoms with Crippen LogP contribution < -0.4 is 5.73 Å². The molecule has 0 aromatic heterocycles. The number of carbonyl (C=O) groups excluding carboxylic acids is 1. The van der Waals surface area contributed by atoms with Gasteiger partial charge in [-0.3, -0.25) is 4.79 Å². The molecule has 0 atom stereocenters. The van der Waals surface area contributed by atoms with Crippen LogP contribution in [0.15, 0.2) is 0 Å². The van der Waals surface area contributed by atoms with Crippen molar-refractivity contribution in [2.45, 2.75) is 32.1 Å². The first-order chi connectivity index (χ1) is 4.84. The van der Waals surface area contributed by atoms with Crippen LogP contribution in [-0.4, -0.2) is 12.3 Å². The van der Waals surface area contributed by atoms with E-state index in [1.807, 2.05) is 0 Å². The molecule has 0 aromatic carbocycles. The van der Waals surface area contributed by atoms with Crippen molar-refractivity contribution in [3.63, 3.8) is 0 Å². The number of hydrogen-bond donors (Lipinski definition) is 1. The Hall–Kier alpha value is -0.370. The lowest BCUT2D eigenvalue weighted by Crippen LogP contribution is -2.15. The molecule has 1 aliphatic rings. The van der Waals surface area contributed by atoms with Gasteiger partial charge in [0.2, 0.25) is 0 Å². The molecule has 2 nitrogen and oxygen atoms in total. The van der Waals surface area contributed by atoms with Crippen LogP contribution in [0.25, 0.3) is 0 Å². The Kier molecular flexibility index (Phi) is 2.87. The molecule has 0 unspecified atom stereocenters. The molecule has 0 saturated heterocycles. The Morgan fingerprint density at radius 1 is 1.40 bits per heavy atom. The second kappa shape index (κ2) is 3.71.